The molecule has 2 heterocycles. The number of hydrogen-bond acceptors (Lipinski definition) is 5. The highest BCUT2D eigenvalue weighted by Gasteiger charge is 2.35. The first-order valence-corrected chi connectivity index (χ1v) is 11.4. The number of amides is 1. The standard InChI is InChI=1S/C26H33N3O3/c1-18-8-10-20(11-9-18)24-16-23(22-13-12-21(31-3)15-25(22)32-4)27-29(24)26(30)17-28-14-6-5-7-19(28)2/h8-13,15,19,24H,5-7,14,16-17H2,1-4H3. The lowest BCUT2D eigenvalue weighted by molar-refractivity contribution is -0.135. The Labute approximate surface area is 190 Å². The van der Waals surface area contributed by atoms with Gasteiger partial charge in [-0.25, -0.2) is 5.01 Å². The summed E-state index contributed by atoms with van der Waals surface area (Å²) in [5, 5.41) is 6.55. The maximum absolute atomic E-state index is 13.5. The number of carbonyl (C=O) groups excluding carboxylic acids is 1. The second-order valence-electron chi connectivity index (χ2n) is 8.80. The van der Waals surface area contributed by atoms with Crippen LogP contribution in [0.25, 0.3) is 0 Å². The zero-order valence-corrected chi connectivity index (χ0v) is 19.5. The second kappa shape index (κ2) is 9.74. The molecule has 4 rings (SSSR count). The third kappa shape index (κ3) is 4.65. The van der Waals surface area contributed by atoms with Crippen LogP contribution in [0.1, 0.15) is 55.3 Å². The molecule has 0 N–H and O–H groups in total. The maximum Gasteiger partial charge on any atom is 0.257 e. The monoisotopic (exact) mass is 435 g/mol. The Kier molecular flexibility index (Phi) is 6.80. The van der Waals surface area contributed by atoms with Crippen LogP contribution in [-0.4, -0.2) is 54.9 Å². The molecule has 6 heteroatoms. The third-order valence-corrected chi connectivity index (χ3v) is 6.63. The maximum atomic E-state index is 13.5. The van der Waals surface area contributed by atoms with Gasteiger partial charge in [0.2, 0.25) is 0 Å². The number of methoxy groups -OCH3 is 2. The largest absolute Gasteiger partial charge is 0.497 e. The van der Waals surface area contributed by atoms with Gasteiger partial charge in [0.1, 0.15) is 11.5 Å². The summed E-state index contributed by atoms with van der Waals surface area (Å²) in [6.07, 6.45) is 4.18. The van der Waals surface area contributed by atoms with Crippen LogP contribution in [0.3, 0.4) is 0 Å². The Balaban J connectivity index is 1.65. The SMILES string of the molecule is COc1ccc(C2=NN(C(=O)CN3CCCCC3C)C(c3ccc(C)cc3)C2)c(OC)c1. The number of piperidine rings is 1. The molecule has 170 valence electrons. The van der Waals surface area contributed by atoms with Crippen LogP contribution in [0, 0.1) is 6.92 Å². The average molecular weight is 436 g/mol. The first-order valence-electron chi connectivity index (χ1n) is 11.4. The molecule has 0 spiro atoms. The molecule has 2 aromatic rings. The van der Waals surface area contributed by atoms with Crippen LogP contribution < -0.4 is 9.47 Å². The molecular formula is C26H33N3O3. The number of ether oxygens (including phenoxy) is 2. The molecule has 0 bridgehead atoms. The first kappa shape index (κ1) is 22.3. The smallest absolute Gasteiger partial charge is 0.257 e. The van der Waals surface area contributed by atoms with Crippen molar-refractivity contribution < 1.29 is 14.3 Å². The van der Waals surface area contributed by atoms with Gasteiger partial charge in [0, 0.05) is 24.1 Å². The van der Waals surface area contributed by atoms with Crippen molar-refractivity contribution in [2.24, 2.45) is 5.10 Å². The third-order valence-electron chi connectivity index (χ3n) is 6.63. The fourth-order valence-corrected chi connectivity index (χ4v) is 4.63. The quantitative estimate of drug-likeness (QED) is 0.667. The topological polar surface area (TPSA) is 54.4 Å². The summed E-state index contributed by atoms with van der Waals surface area (Å²) in [5.41, 5.74) is 4.05. The molecule has 1 amide bonds. The lowest BCUT2D eigenvalue weighted by atomic mass is 9.97. The van der Waals surface area contributed by atoms with Crippen molar-refractivity contribution in [3.8, 4) is 11.5 Å². The van der Waals surface area contributed by atoms with Gasteiger partial charge in [-0.2, -0.15) is 5.10 Å². The van der Waals surface area contributed by atoms with Gasteiger partial charge in [-0.05, 0) is 50.9 Å². The van der Waals surface area contributed by atoms with E-state index in [0.29, 0.717) is 24.8 Å². The van der Waals surface area contributed by atoms with Gasteiger partial charge in [-0.15, -0.1) is 0 Å². The van der Waals surface area contributed by atoms with E-state index < -0.39 is 0 Å². The number of nitrogens with zero attached hydrogens (tertiary/aromatic N) is 3. The van der Waals surface area contributed by atoms with Crippen molar-refractivity contribution >= 4 is 11.6 Å². The second-order valence-corrected chi connectivity index (χ2v) is 8.80. The Morgan fingerprint density at radius 3 is 2.56 bits per heavy atom. The van der Waals surface area contributed by atoms with E-state index in [4.69, 9.17) is 14.6 Å². The minimum absolute atomic E-state index is 0.0480. The fourth-order valence-electron chi connectivity index (χ4n) is 4.63. The van der Waals surface area contributed by atoms with Crippen molar-refractivity contribution in [2.75, 3.05) is 27.3 Å². The van der Waals surface area contributed by atoms with E-state index in [1.807, 2.05) is 18.2 Å². The van der Waals surface area contributed by atoms with Gasteiger partial charge in [0.25, 0.3) is 5.91 Å². The van der Waals surface area contributed by atoms with Gasteiger partial charge < -0.3 is 9.47 Å². The fraction of sp³-hybridized carbons (Fsp3) is 0.462. The Hall–Kier alpha value is -2.86. The summed E-state index contributed by atoms with van der Waals surface area (Å²) < 4.78 is 11.0. The summed E-state index contributed by atoms with van der Waals surface area (Å²) in [5.74, 6) is 1.47. The van der Waals surface area contributed by atoms with E-state index in [1.165, 1.54) is 12.0 Å². The predicted molar refractivity (Wildman–Crippen MR) is 126 cm³/mol. The summed E-state index contributed by atoms with van der Waals surface area (Å²) >= 11 is 0. The molecule has 2 aliphatic heterocycles. The normalized spacial score (nSPS) is 21.4. The molecule has 2 unspecified atom stereocenters. The Bertz CT molecular complexity index is 986. The van der Waals surface area contributed by atoms with E-state index in [2.05, 4.69) is 43.0 Å². The molecule has 0 aliphatic carbocycles. The van der Waals surface area contributed by atoms with Gasteiger partial charge in [0.05, 0.1) is 32.5 Å². The number of carbonyl (C=O) groups is 1. The highest BCUT2D eigenvalue weighted by atomic mass is 16.5. The number of hydrazone groups is 1. The van der Waals surface area contributed by atoms with E-state index in [0.717, 1.165) is 42.0 Å². The lowest BCUT2D eigenvalue weighted by Gasteiger charge is -2.34. The van der Waals surface area contributed by atoms with Crippen LogP contribution in [0.5, 0.6) is 11.5 Å². The van der Waals surface area contributed by atoms with Gasteiger partial charge >= 0.3 is 0 Å². The minimum Gasteiger partial charge on any atom is -0.497 e. The number of rotatable bonds is 6. The van der Waals surface area contributed by atoms with E-state index in [9.17, 15) is 4.79 Å². The van der Waals surface area contributed by atoms with Crippen molar-refractivity contribution in [1.29, 1.82) is 0 Å². The Morgan fingerprint density at radius 2 is 1.88 bits per heavy atom. The molecule has 32 heavy (non-hydrogen) atoms. The Morgan fingerprint density at radius 1 is 1.09 bits per heavy atom. The number of likely N-dealkylation sites (tertiary alicyclic amines) is 1. The van der Waals surface area contributed by atoms with E-state index in [-0.39, 0.29) is 11.9 Å². The highest BCUT2D eigenvalue weighted by Crippen LogP contribution is 2.36. The molecule has 2 aliphatic rings. The predicted octanol–water partition coefficient (Wildman–Crippen LogP) is 4.56. The van der Waals surface area contributed by atoms with Crippen LogP contribution in [0.4, 0.5) is 0 Å². The molecule has 0 radical (unpaired) electrons. The van der Waals surface area contributed by atoms with Crippen LogP contribution in [-0.2, 0) is 4.79 Å². The van der Waals surface area contributed by atoms with E-state index in [1.54, 1.807) is 19.2 Å². The van der Waals surface area contributed by atoms with Crippen molar-refractivity contribution in [3.05, 3.63) is 59.2 Å². The molecule has 6 nitrogen and oxygen atoms in total. The van der Waals surface area contributed by atoms with Crippen LogP contribution in [0.15, 0.2) is 47.6 Å². The average Bonchev–Trinajstić information content (AvgIpc) is 3.26. The van der Waals surface area contributed by atoms with Crippen molar-refractivity contribution in [1.82, 2.24) is 9.91 Å². The number of aryl methyl sites for hydroxylation is 1. The van der Waals surface area contributed by atoms with Crippen LogP contribution >= 0.6 is 0 Å². The van der Waals surface area contributed by atoms with E-state index >= 15 is 0 Å². The molecule has 1 saturated heterocycles. The molecule has 1 fully saturated rings. The first-order chi connectivity index (χ1) is 15.5. The molecule has 2 atom stereocenters. The van der Waals surface area contributed by atoms with Gasteiger partial charge in [0.15, 0.2) is 0 Å². The number of hydrogen-bond donors (Lipinski definition) is 0. The zero-order chi connectivity index (χ0) is 22.7. The summed E-state index contributed by atoms with van der Waals surface area (Å²) in [7, 11) is 3.28. The number of benzene rings is 2. The summed E-state index contributed by atoms with van der Waals surface area (Å²) in [6, 6.07) is 14.4. The summed E-state index contributed by atoms with van der Waals surface area (Å²) in [4.78, 5) is 15.8. The van der Waals surface area contributed by atoms with Crippen molar-refractivity contribution in [2.45, 2.75) is 51.6 Å². The molecule has 2 aromatic carbocycles. The lowest BCUT2D eigenvalue weighted by Crippen LogP contribution is -2.44. The molecular weight excluding hydrogens is 402 g/mol. The molecule has 0 aromatic heterocycles. The van der Waals surface area contributed by atoms with Gasteiger partial charge in [-0.1, -0.05) is 36.2 Å². The molecule has 0 saturated carbocycles. The minimum atomic E-state index is -0.120. The summed E-state index contributed by atoms with van der Waals surface area (Å²) in [6.45, 7) is 5.66. The zero-order valence-electron chi connectivity index (χ0n) is 19.5. The van der Waals surface area contributed by atoms with Crippen molar-refractivity contribution in [3.63, 3.8) is 0 Å². The van der Waals surface area contributed by atoms with Gasteiger partial charge in [-0.3, -0.25) is 9.69 Å². The highest BCUT2D eigenvalue weighted by molar-refractivity contribution is 6.05. The van der Waals surface area contributed by atoms with Crippen LogP contribution in [0.2, 0.25) is 0 Å².